The van der Waals surface area contributed by atoms with Gasteiger partial charge in [-0.3, -0.25) is 4.79 Å². The third-order valence-electron chi connectivity index (χ3n) is 3.32. The maximum absolute atomic E-state index is 12.4. The molecular weight excluding hydrogens is 464 g/mol. The summed E-state index contributed by atoms with van der Waals surface area (Å²) in [5.41, 5.74) is 1.22. The van der Waals surface area contributed by atoms with Crippen molar-refractivity contribution in [2.45, 2.75) is 6.92 Å². The van der Waals surface area contributed by atoms with Gasteiger partial charge in [-0.2, -0.15) is 5.26 Å². The van der Waals surface area contributed by atoms with Gasteiger partial charge in [0.15, 0.2) is 11.5 Å². The van der Waals surface area contributed by atoms with E-state index in [1.807, 2.05) is 13.0 Å². The van der Waals surface area contributed by atoms with Crippen molar-refractivity contribution < 1.29 is 14.3 Å². The van der Waals surface area contributed by atoms with Crippen molar-refractivity contribution in [3.63, 3.8) is 0 Å². The molecule has 0 fully saturated rings. The van der Waals surface area contributed by atoms with Crippen molar-refractivity contribution in [1.82, 2.24) is 0 Å². The van der Waals surface area contributed by atoms with Crippen molar-refractivity contribution in [3.8, 4) is 17.6 Å². The number of carbonyl (C=O) groups excluding carboxylic acids is 1. The molecule has 0 spiro atoms. The summed E-state index contributed by atoms with van der Waals surface area (Å²) in [4.78, 5) is 12.4. The van der Waals surface area contributed by atoms with Gasteiger partial charge in [0, 0.05) is 10.2 Å². The Morgan fingerprint density at radius 2 is 1.96 bits per heavy atom. The molecule has 0 aliphatic carbocycles. The summed E-state index contributed by atoms with van der Waals surface area (Å²) in [6.07, 6.45) is 1.50. The lowest BCUT2D eigenvalue weighted by atomic mass is 10.1. The fraction of sp³-hybridized carbons (Fsp3) is 0.158. The molecule has 2 rings (SSSR count). The second-order valence-corrected chi connectivity index (χ2v) is 6.87. The molecule has 0 aliphatic rings. The van der Waals surface area contributed by atoms with Gasteiger partial charge in [-0.1, -0.05) is 15.9 Å². The predicted molar refractivity (Wildman–Crippen MR) is 108 cm³/mol. The Kier molecular flexibility index (Phi) is 7.25. The van der Waals surface area contributed by atoms with Gasteiger partial charge in [0.25, 0.3) is 5.91 Å². The summed E-state index contributed by atoms with van der Waals surface area (Å²) in [6.45, 7) is 2.36. The first kappa shape index (κ1) is 20.0. The summed E-state index contributed by atoms with van der Waals surface area (Å²) in [5, 5.41) is 12.1. The predicted octanol–water partition coefficient (Wildman–Crippen LogP) is 5.16. The molecule has 0 saturated carbocycles. The Morgan fingerprint density at radius 3 is 2.54 bits per heavy atom. The summed E-state index contributed by atoms with van der Waals surface area (Å²) in [5.74, 6) is 0.599. The molecule has 0 bridgehead atoms. The lowest BCUT2D eigenvalue weighted by molar-refractivity contribution is -0.112. The molecule has 0 atom stereocenters. The Labute approximate surface area is 168 Å². The second kappa shape index (κ2) is 9.41. The van der Waals surface area contributed by atoms with Gasteiger partial charge in [0.05, 0.1) is 18.2 Å². The summed E-state index contributed by atoms with van der Waals surface area (Å²) < 4.78 is 12.4. The highest BCUT2D eigenvalue weighted by molar-refractivity contribution is 9.10. The molecule has 134 valence electrons. The number of benzene rings is 2. The van der Waals surface area contributed by atoms with E-state index in [1.54, 1.807) is 36.4 Å². The van der Waals surface area contributed by atoms with Crippen LogP contribution >= 0.6 is 31.9 Å². The number of nitriles is 1. The summed E-state index contributed by atoms with van der Waals surface area (Å²) in [6, 6.07) is 12.5. The molecule has 1 N–H and O–H groups in total. The molecule has 5 nitrogen and oxygen atoms in total. The minimum absolute atomic E-state index is 0.0222. The zero-order valence-electron chi connectivity index (χ0n) is 14.2. The highest BCUT2D eigenvalue weighted by atomic mass is 79.9. The van der Waals surface area contributed by atoms with Crippen LogP contribution in [0.3, 0.4) is 0 Å². The molecule has 2 aromatic carbocycles. The minimum Gasteiger partial charge on any atom is -0.493 e. The van der Waals surface area contributed by atoms with Gasteiger partial charge in [0.1, 0.15) is 11.6 Å². The largest absolute Gasteiger partial charge is 0.493 e. The number of halogens is 2. The first-order valence-electron chi connectivity index (χ1n) is 7.67. The number of rotatable bonds is 6. The number of methoxy groups -OCH3 is 1. The van der Waals surface area contributed by atoms with Crippen molar-refractivity contribution >= 4 is 49.5 Å². The average molecular weight is 480 g/mol. The lowest BCUT2D eigenvalue weighted by Crippen LogP contribution is -2.13. The van der Waals surface area contributed by atoms with Crippen molar-refractivity contribution in [2.24, 2.45) is 0 Å². The van der Waals surface area contributed by atoms with Crippen LogP contribution in [0.5, 0.6) is 11.5 Å². The zero-order valence-corrected chi connectivity index (χ0v) is 17.3. The first-order chi connectivity index (χ1) is 12.5. The molecule has 7 heteroatoms. The number of anilines is 1. The summed E-state index contributed by atoms with van der Waals surface area (Å²) >= 11 is 6.76. The maximum atomic E-state index is 12.4. The SMILES string of the molecule is CCOc1c(Br)cc(/C=C(/C#N)C(=O)Nc2ccc(Br)cc2)cc1OC. The van der Waals surface area contributed by atoms with E-state index in [4.69, 9.17) is 9.47 Å². The lowest BCUT2D eigenvalue weighted by Gasteiger charge is -2.12. The number of amides is 1. The number of hydrogen-bond donors (Lipinski definition) is 1. The Bertz CT molecular complexity index is 872. The van der Waals surface area contributed by atoms with E-state index >= 15 is 0 Å². The van der Waals surface area contributed by atoms with Gasteiger partial charge in [-0.05, 0) is 70.9 Å². The second-order valence-electron chi connectivity index (χ2n) is 5.10. The van der Waals surface area contributed by atoms with Gasteiger partial charge in [0.2, 0.25) is 0 Å². The third-order valence-corrected chi connectivity index (χ3v) is 4.44. The van der Waals surface area contributed by atoms with E-state index in [-0.39, 0.29) is 5.57 Å². The van der Waals surface area contributed by atoms with Gasteiger partial charge in [-0.25, -0.2) is 0 Å². The standard InChI is InChI=1S/C19H16Br2N2O3/c1-3-26-18-16(21)9-12(10-17(18)25-2)8-13(11-22)19(24)23-15-6-4-14(20)5-7-15/h4-10H,3H2,1-2H3,(H,23,24)/b13-8-. The van der Waals surface area contributed by atoms with Crippen LogP contribution in [0.1, 0.15) is 12.5 Å². The van der Waals surface area contributed by atoms with E-state index in [2.05, 4.69) is 37.2 Å². The fourth-order valence-electron chi connectivity index (χ4n) is 2.15. The number of ether oxygens (including phenoxy) is 2. The van der Waals surface area contributed by atoms with Gasteiger partial charge < -0.3 is 14.8 Å². The van der Waals surface area contributed by atoms with Crippen molar-refractivity contribution in [2.75, 3.05) is 19.0 Å². The van der Waals surface area contributed by atoms with Crippen LogP contribution in [0.4, 0.5) is 5.69 Å². The fourth-order valence-corrected chi connectivity index (χ4v) is 2.99. The topological polar surface area (TPSA) is 71.3 Å². The van der Waals surface area contributed by atoms with Crippen LogP contribution in [0.25, 0.3) is 6.08 Å². The summed E-state index contributed by atoms with van der Waals surface area (Å²) in [7, 11) is 1.53. The van der Waals surface area contributed by atoms with Crippen LogP contribution in [0, 0.1) is 11.3 Å². The molecule has 26 heavy (non-hydrogen) atoms. The molecule has 0 heterocycles. The maximum Gasteiger partial charge on any atom is 0.266 e. The molecule has 0 radical (unpaired) electrons. The van der Waals surface area contributed by atoms with E-state index in [0.717, 1.165) is 4.47 Å². The normalized spacial score (nSPS) is 10.8. The molecule has 0 saturated heterocycles. The smallest absolute Gasteiger partial charge is 0.266 e. The Hall–Kier alpha value is -2.30. The van der Waals surface area contributed by atoms with E-state index in [0.29, 0.717) is 33.8 Å². The van der Waals surface area contributed by atoms with Crippen LogP contribution in [0.2, 0.25) is 0 Å². The number of nitrogens with one attached hydrogen (secondary N) is 1. The zero-order chi connectivity index (χ0) is 19.1. The average Bonchev–Trinajstić information content (AvgIpc) is 2.63. The molecule has 0 aromatic heterocycles. The van der Waals surface area contributed by atoms with E-state index in [1.165, 1.54) is 13.2 Å². The highest BCUT2D eigenvalue weighted by Crippen LogP contribution is 2.37. The van der Waals surface area contributed by atoms with Crippen LogP contribution in [-0.2, 0) is 4.79 Å². The first-order valence-corrected chi connectivity index (χ1v) is 9.26. The Balaban J connectivity index is 2.30. The van der Waals surface area contributed by atoms with E-state index in [9.17, 15) is 10.1 Å². The number of hydrogen-bond acceptors (Lipinski definition) is 4. The van der Waals surface area contributed by atoms with Crippen LogP contribution in [0.15, 0.2) is 50.9 Å². The Morgan fingerprint density at radius 1 is 1.27 bits per heavy atom. The highest BCUT2D eigenvalue weighted by Gasteiger charge is 2.13. The van der Waals surface area contributed by atoms with Gasteiger partial charge in [-0.15, -0.1) is 0 Å². The number of carbonyl (C=O) groups is 1. The minimum atomic E-state index is -0.487. The molecular formula is C19H16Br2N2O3. The van der Waals surface area contributed by atoms with Crippen LogP contribution < -0.4 is 14.8 Å². The monoisotopic (exact) mass is 478 g/mol. The van der Waals surface area contributed by atoms with Crippen molar-refractivity contribution in [3.05, 3.63) is 56.5 Å². The number of nitrogens with zero attached hydrogens (tertiary/aromatic N) is 1. The quantitative estimate of drug-likeness (QED) is 0.458. The molecule has 2 aromatic rings. The van der Waals surface area contributed by atoms with Gasteiger partial charge >= 0.3 is 0 Å². The van der Waals surface area contributed by atoms with Crippen LogP contribution in [-0.4, -0.2) is 19.6 Å². The molecule has 1 amide bonds. The van der Waals surface area contributed by atoms with E-state index < -0.39 is 5.91 Å². The molecule has 0 aliphatic heterocycles. The van der Waals surface area contributed by atoms with Crippen molar-refractivity contribution in [1.29, 1.82) is 5.26 Å². The third kappa shape index (κ3) is 5.10. The molecule has 0 unspecified atom stereocenters.